The summed E-state index contributed by atoms with van der Waals surface area (Å²) in [5.41, 5.74) is 4.39. The Hall–Kier alpha value is -0.603. The molecule has 0 fully saturated rings. The van der Waals surface area contributed by atoms with E-state index in [2.05, 4.69) is 88.9 Å². The molecule has 22 heavy (non-hydrogen) atoms. The van der Waals surface area contributed by atoms with Crippen LogP contribution in [-0.4, -0.2) is 11.3 Å². The first-order valence-corrected chi connectivity index (χ1v) is 13.2. The van der Waals surface area contributed by atoms with Gasteiger partial charge in [0.1, 0.15) is 0 Å². The van der Waals surface area contributed by atoms with Gasteiger partial charge in [-0.15, -0.1) is 0 Å². The fourth-order valence-electron chi connectivity index (χ4n) is 2.44. The predicted octanol–water partition coefficient (Wildman–Crippen LogP) is 4.64. The first kappa shape index (κ1) is 17.7. The molecule has 0 atom stereocenters. The summed E-state index contributed by atoms with van der Waals surface area (Å²) < 4.78 is 1.49. The fourth-order valence-corrected chi connectivity index (χ4v) is 4.80. The van der Waals surface area contributed by atoms with Crippen molar-refractivity contribution < 1.29 is 23.9 Å². The normalized spacial score (nSPS) is 12.4. The van der Waals surface area contributed by atoms with Crippen molar-refractivity contribution in [1.82, 2.24) is 0 Å². The van der Waals surface area contributed by atoms with Crippen LogP contribution in [0.2, 0.25) is 19.6 Å². The van der Waals surface area contributed by atoms with Gasteiger partial charge < -0.3 is 0 Å². The van der Waals surface area contributed by atoms with Crippen LogP contribution in [0.4, 0.5) is 0 Å². The van der Waals surface area contributed by atoms with Gasteiger partial charge in [-0.2, -0.15) is 0 Å². The van der Waals surface area contributed by atoms with Crippen LogP contribution < -0.4 is 5.19 Å². The summed E-state index contributed by atoms with van der Waals surface area (Å²) in [7, 11) is -1.20. The van der Waals surface area contributed by atoms with Crippen LogP contribution in [-0.2, 0) is 29.3 Å². The Kier molecular flexibility index (Phi) is 5.23. The Morgan fingerprint density at radius 3 is 1.55 bits per heavy atom. The molecule has 0 bridgehead atoms. The molecule has 0 saturated heterocycles. The molecule has 2 aromatic rings. The molecule has 0 nitrogen and oxygen atoms in total. The van der Waals surface area contributed by atoms with Gasteiger partial charge >= 0.3 is 151 Å². The summed E-state index contributed by atoms with van der Waals surface area (Å²) in [6, 6.07) is 18.4. The molecule has 0 N–H and O–H groups in total. The second-order valence-corrected chi connectivity index (χ2v) is 14.9. The van der Waals surface area contributed by atoms with Crippen molar-refractivity contribution in [2.75, 3.05) is 0 Å². The van der Waals surface area contributed by atoms with Crippen LogP contribution in [0.1, 0.15) is 37.5 Å². The van der Waals surface area contributed by atoms with Gasteiger partial charge in [0.05, 0.1) is 0 Å². The van der Waals surface area contributed by atoms with Crippen LogP contribution in [0, 0.1) is 0 Å². The number of benzene rings is 2. The van der Waals surface area contributed by atoms with Crippen LogP contribution in [0.5, 0.6) is 0 Å². The zero-order valence-electron chi connectivity index (χ0n) is 14.6. The standard InChI is InChI=1S/C20H26Si.Hf/c1-20(2,3)18-11-7-16(8-12-18)15-17-9-13-19(14-10-17)21(4,5)6;/h7-14H,1-6H3;/q;+2. The minimum atomic E-state index is -1.20. The Morgan fingerprint density at radius 1 is 0.773 bits per heavy atom. The van der Waals surface area contributed by atoms with Gasteiger partial charge in [-0.25, -0.2) is 0 Å². The summed E-state index contributed by atoms with van der Waals surface area (Å²) in [5, 5.41) is 1.54. The van der Waals surface area contributed by atoms with Gasteiger partial charge in [0.25, 0.3) is 0 Å². The van der Waals surface area contributed by atoms with E-state index in [1.54, 1.807) is 0 Å². The van der Waals surface area contributed by atoms with E-state index in [1.165, 1.54) is 25.1 Å². The molecule has 0 spiro atoms. The Labute approximate surface area is 151 Å². The SMILES string of the molecule is CC(C)(C)c1ccc([C](=[Hf+2])c2ccc([Si](C)(C)C)cc2)cc1. The third-order valence-electron chi connectivity index (χ3n) is 4.08. The molecule has 0 heterocycles. The molecule has 2 aromatic carbocycles. The molecule has 0 unspecified atom stereocenters. The number of hydrogen-bond donors (Lipinski definition) is 0. The van der Waals surface area contributed by atoms with Gasteiger partial charge in [0, 0.05) is 0 Å². The van der Waals surface area contributed by atoms with Gasteiger partial charge in [0.15, 0.2) is 0 Å². The zero-order valence-corrected chi connectivity index (χ0v) is 19.2. The molecular formula is C20H26HfSi+2. The molecule has 0 aliphatic carbocycles. The van der Waals surface area contributed by atoms with Crippen molar-refractivity contribution >= 4 is 16.5 Å². The van der Waals surface area contributed by atoms with Gasteiger partial charge in [0.2, 0.25) is 0 Å². The summed E-state index contributed by atoms with van der Waals surface area (Å²) in [6.07, 6.45) is 0. The van der Waals surface area contributed by atoms with Crippen molar-refractivity contribution in [3.63, 3.8) is 0 Å². The summed E-state index contributed by atoms with van der Waals surface area (Å²) in [5.74, 6) is 0. The van der Waals surface area contributed by atoms with Crippen LogP contribution >= 0.6 is 0 Å². The van der Waals surface area contributed by atoms with Crippen molar-refractivity contribution in [2.24, 2.45) is 0 Å². The minimum absolute atomic E-state index is 0.225. The van der Waals surface area contributed by atoms with Gasteiger partial charge in [-0.3, -0.25) is 0 Å². The first-order valence-electron chi connectivity index (χ1n) is 7.89. The van der Waals surface area contributed by atoms with Crippen molar-refractivity contribution in [2.45, 2.75) is 45.8 Å². The monoisotopic (exact) mass is 474 g/mol. The van der Waals surface area contributed by atoms with E-state index in [0.717, 1.165) is 23.9 Å². The van der Waals surface area contributed by atoms with Crippen molar-refractivity contribution in [1.29, 1.82) is 0 Å². The Balaban J connectivity index is 2.25. The van der Waals surface area contributed by atoms with E-state index in [1.807, 2.05) is 0 Å². The Bertz CT molecular complexity index is 593. The average molecular weight is 473 g/mol. The fraction of sp³-hybridized carbons (Fsp3) is 0.350. The molecule has 0 saturated carbocycles. The van der Waals surface area contributed by atoms with Gasteiger partial charge in [-0.05, 0) is 0 Å². The van der Waals surface area contributed by atoms with E-state index in [4.69, 9.17) is 0 Å². The van der Waals surface area contributed by atoms with E-state index < -0.39 is 8.07 Å². The van der Waals surface area contributed by atoms with E-state index >= 15 is 0 Å². The molecule has 0 radical (unpaired) electrons. The molecule has 2 heteroatoms. The summed E-state index contributed by atoms with van der Waals surface area (Å²) in [6.45, 7) is 14.0. The van der Waals surface area contributed by atoms with Crippen LogP contribution in [0.3, 0.4) is 0 Å². The zero-order chi connectivity index (χ0) is 16.5. The molecule has 2 rings (SSSR count). The second kappa shape index (κ2) is 6.49. The summed E-state index contributed by atoms with van der Waals surface area (Å²) in [4.78, 5) is 0. The van der Waals surface area contributed by atoms with Crippen LogP contribution in [0.15, 0.2) is 48.5 Å². The van der Waals surface area contributed by atoms with Crippen molar-refractivity contribution in [3.8, 4) is 0 Å². The molecule has 0 aromatic heterocycles. The van der Waals surface area contributed by atoms with E-state index in [9.17, 15) is 0 Å². The molecule has 0 aliphatic heterocycles. The number of hydrogen-bond acceptors (Lipinski definition) is 0. The van der Waals surface area contributed by atoms with E-state index in [-0.39, 0.29) is 5.41 Å². The topological polar surface area (TPSA) is 0 Å². The maximum atomic E-state index is 2.40. The first-order chi connectivity index (χ1) is 10.1. The molecular weight excluding hydrogens is 447 g/mol. The quantitative estimate of drug-likeness (QED) is 0.571. The average Bonchev–Trinajstić information content (AvgIpc) is 2.45. The maximum absolute atomic E-state index is 2.40. The molecule has 112 valence electrons. The molecule has 0 amide bonds. The number of rotatable bonds is 3. The van der Waals surface area contributed by atoms with Crippen LogP contribution in [0.25, 0.3) is 0 Å². The predicted molar refractivity (Wildman–Crippen MR) is 97.8 cm³/mol. The summed E-state index contributed by atoms with van der Waals surface area (Å²) >= 11 is 1.07. The third kappa shape index (κ3) is 4.23. The molecule has 0 aliphatic rings. The second-order valence-electron chi connectivity index (χ2n) is 8.03. The Morgan fingerprint density at radius 2 is 1.18 bits per heavy atom. The third-order valence-corrected chi connectivity index (χ3v) is 8.22. The van der Waals surface area contributed by atoms with Gasteiger partial charge in [-0.1, -0.05) is 0 Å². The van der Waals surface area contributed by atoms with E-state index in [0.29, 0.717) is 0 Å². The van der Waals surface area contributed by atoms with Crippen molar-refractivity contribution in [3.05, 3.63) is 65.2 Å².